The molecule has 3 fully saturated rings. The molecule has 4 bridgehead atoms. The first-order valence-corrected chi connectivity index (χ1v) is 30.0. The monoisotopic (exact) mass is 1050 g/mol. The number of aryl methyl sites for hydroxylation is 1. The molecule has 2 spiro atoms. The van der Waals surface area contributed by atoms with Crippen LogP contribution in [0.3, 0.4) is 0 Å². The molecule has 0 saturated heterocycles. The van der Waals surface area contributed by atoms with Crippen molar-refractivity contribution in [2.45, 2.75) is 80.0 Å². The van der Waals surface area contributed by atoms with E-state index in [0.29, 0.717) is 17.8 Å². The van der Waals surface area contributed by atoms with Crippen LogP contribution in [0.15, 0.2) is 265 Å². The van der Waals surface area contributed by atoms with E-state index in [1.807, 2.05) is 6.07 Å². The maximum absolute atomic E-state index is 6.50. The Bertz CT molecular complexity index is 4490. The van der Waals surface area contributed by atoms with Gasteiger partial charge in [0.05, 0.1) is 0 Å². The highest BCUT2D eigenvalue weighted by molar-refractivity contribution is 6.09. The maximum atomic E-state index is 6.50. The third-order valence-electron chi connectivity index (χ3n) is 21.0. The summed E-state index contributed by atoms with van der Waals surface area (Å²) in [5.41, 5.74) is 27.5. The Kier molecular flexibility index (Phi) is 10.6. The molecule has 6 atom stereocenters. The van der Waals surface area contributed by atoms with Gasteiger partial charge >= 0.3 is 0 Å². The predicted octanol–water partition coefficient (Wildman–Crippen LogP) is 21.4. The first-order chi connectivity index (χ1) is 40.5. The third-order valence-corrected chi connectivity index (χ3v) is 21.0. The molecule has 11 aromatic carbocycles. The lowest BCUT2D eigenvalue weighted by molar-refractivity contribution is -0.0728. The highest BCUT2D eigenvalue weighted by Gasteiger charge is 2.70. The van der Waals surface area contributed by atoms with Crippen molar-refractivity contribution in [2.24, 2.45) is 5.92 Å². The quantitative estimate of drug-likeness (QED) is 0.158. The Morgan fingerprint density at radius 3 is 1.51 bits per heavy atom. The van der Waals surface area contributed by atoms with Crippen LogP contribution < -0.4 is 4.90 Å². The topological polar surface area (TPSA) is 16.4 Å². The van der Waals surface area contributed by atoms with E-state index in [2.05, 4.69) is 267 Å². The minimum absolute atomic E-state index is 0.0903. The summed E-state index contributed by atoms with van der Waals surface area (Å²) in [5.74, 6) is 1.19. The summed E-state index contributed by atoms with van der Waals surface area (Å²) in [4.78, 5) is 2.39. The number of anilines is 3. The molecular weight excluding hydrogens is 991 g/mol. The molecule has 12 aromatic rings. The first-order valence-electron chi connectivity index (χ1n) is 30.0. The van der Waals surface area contributed by atoms with Crippen LogP contribution in [0.2, 0.25) is 0 Å². The Morgan fingerprint density at radius 1 is 0.354 bits per heavy atom. The van der Waals surface area contributed by atoms with Crippen LogP contribution >= 0.6 is 0 Å². The van der Waals surface area contributed by atoms with E-state index in [1.54, 1.807) is 27.8 Å². The van der Waals surface area contributed by atoms with Gasteiger partial charge in [-0.15, -0.1) is 0 Å². The first kappa shape index (κ1) is 47.8. The van der Waals surface area contributed by atoms with Gasteiger partial charge in [-0.3, -0.25) is 0 Å². The molecule has 82 heavy (non-hydrogen) atoms. The average molecular weight is 1050 g/mol. The van der Waals surface area contributed by atoms with Gasteiger partial charge < -0.3 is 9.32 Å². The minimum atomic E-state index is -0.106. The van der Waals surface area contributed by atoms with Crippen molar-refractivity contribution in [3.8, 4) is 55.6 Å². The van der Waals surface area contributed by atoms with Crippen LogP contribution in [0.25, 0.3) is 77.6 Å². The molecule has 0 amide bonds. The molecule has 1 aromatic heterocycles. The number of furan rings is 1. The molecule has 5 aliphatic carbocycles. The van der Waals surface area contributed by atoms with Gasteiger partial charge in [-0.25, -0.2) is 0 Å². The van der Waals surface area contributed by atoms with Crippen LogP contribution in [0.1, 0.15) is 90.2 Å². The molecule has 394 valence electrons. The lowest BCUT2D eigenvalue weighted by atomic mass is 9.33. The van der Waals surface area contributed by atoms with E-state index in [9.17, 15) is 0 Å². The number of para-hydroxylation sites is 3. The number of hydrogen-bond acceptors (Lipinski definition) is 2. The zero-order chi connectivity index (χ0) is 54.2. The zero-order valence-corrected chi connectivity index (χ0v) is 46.4. The second kappa shape index (κ2) is 18.3. The smallest absolute Gasteiger partial charge is 0.143 e. The van der Waals surface area contributed by atoms with Gasteiger partial charge in [0.2, 0.25) is 0 Å². The van der Waals surface area contributed by atoms with Gasteiger partial charge in [0, 0.05) is 49.6 Å². The lowest BCUT2D eigenvalue weighted by Crippen LogP contribution is -2.66. The molecule has 6 unspecified atom stereocenters. The van der Waals surface area contributed by atoms with Crippen molar-refractivity contribution >= 4 is 39.0 Å². The lowest BCUT2D eigenvalue weighted by Gasteiger charge is -2.70. The second-order valence-electron chi connectivity index (χ2n) is 24.9. The van der Waals surface area contributed by atoms with E-state index in [-0.39, 0.29) is 16.2 Å². The summed E-state index contributed by atoms with van der Waals surface area (Å²) >= 11 is 0. The van der Waals surface area contributed by atoms with Gasteiger partial charge in [0.1, 0.15) is 11.2 Å². The number of rotatable bonds is 7. The van der Waals surface area contributed by atoms with E-state index >= 15 is 0 Å². The maximum Gasteiger partial charge on any atom is 0.143 e. The summed E-state index contributed by atoms with van der Waals surface area (Å²) in [6.45, 7) is 2.32. The van der Waals surface area contributed by atoms with Crippen LogP contribution in [0.5, 0.6) is 0 Å². The molecule has 1 heterocycles. The molecule has 17 rings (SSSR count). The molecule has 0 radical (unpaired) electrons. The molecule has 0 aliphatic heterocycles. The van der Waals surface area contributed by atoms with Crippen molar-refractivity contribution in [1.82, 2.24) is 0 Å². The number of benzene rings is 11. The predicted molar refractivity (Wildman–Crippen MR) is 340 cm³/mol. The van der Waals surface area contributed by atoms with Gasteiger partial charge in [0.15, 0.2) is 0 Å². The Labute approximate surface area is 481 Å². The highest BCUT2D eigenvalue weighted by atomic mass is 16.3. The van der Waals surface area contributed by atoms with E-state index in [1.165, 1.54) is 75.8 Å². The minimum Gasteiger partial charge on any atom is -0.455 e. The highest BCUT2D eigenvalue weighted by Crippen LogP contribution is 2.77. The molecular formula is C80H63NO. The van der Waals surface area contributed by atoms with Crippen molar-refractivity contribution < 1.29 is 4.42 Å². The largest absolute Gasteiger partial charge is 0.455 e. The van der Waals surface area contributed by atoms with Crippen LogP contribution in [0, 0.1) is 12.8 Å². The third kappa shape index (κ3) is 6.94. The Morgan fingerprint density at radius 2 is 0.829 bits per heavy atom. The van der Waals surface area contributed by atoms with Crippen molar-refractivity contribution in [1.29, 1.82) is 0 Å². The molecule has 2 heteroatoms. The van der Waals surface area contributed by atoms with Crippen molar-refractivity contribution in [2.75, 3.05) is 4.90 Å². The fraction of sp³-hybridized carbons (Fsp3) is 0.175. The van der Waals surface area contributed by atoms with Crippen LogP contribution in [0.4, 0.5) is 17.1 Å². The van der Waals surface area contributed by atoms with Crippen LogP contribution in [-0.2, 0) is 16.2 Å². The van der Waals surface area contributed by atoms with E-state index < -0.39 is 0 Å². The van der Waals surface area contributed by atoms with Gasteiger partial charge in [-0.05, 0) is 195 Å². The van der Waals surface area contributed by atoms with Gasteiger partial charge in [-0.1, -0.05) is 219 Å². The number of fused-ring (bicyclic) bond motifs is 13. The summed E-state index contributed by atoms with van der Waals surface area (Å²) in [6, 6.07) is 99.7. The Balaban J connectivity index is 0.834. The van der Waals surface area contributed by atoms with Crippen LogP contribution in [-0.4, -0.2) is 0 Å². The fourth-order valence-electron chi connectivity index (χ4n) is 18.2. The Hall–Kier alpha value is -8.98. The molecule has 0 N–H and O–H groups in total. The summed E-state index contributed by atoms with van der Waals surface area (Å²) < 4.78 is 6.50. The van der Waals surface area contributed by atoms with E-state index in [4.69, 9.17) is 4.42 Å². The van der Waals surface area contributed by atoms with Gasteiger partial charge in [0.25, 0.3) is 0 Å². The zero-order valence-electron chi connectivity index (χ0n) is 46.4. The fourth-order valence-corrected chi connectivity index (χ4v) is 18.2. The number of hydrogen-bond donors (Lipinski definition) is 0. The second-order valence-corrected chi connectivity index (χ2v) is 24.9. The van der Waals surface area contributed by atoms with E-state index in [0.717, 1.165) is 69.4 Å². The van der Waals surface area contributed by atoms with Crippen molar-refractivity contribution in [3.05, 3.63) is 294 Å². The normalized spacial score (nSPS) is 22.6. The summed E-state index contributed by atoms with van der Waals surface area (Å²) in [7, 11) is 0. The summed E-state index contributed by atoms with van der Waals surface area (Å²) in [6.07, 6.45) is 8.22. The molecule has 5 aliphatic rings. The standard InChI is InChI=1S/C80H63NO/c1-52-19-5-6-22-61(52)67-27-11-14-32-72(67)78-45-18-46-79-49-57(51-80(77(78)79)50-56(48-78)62-23-7-9-25-65(62)68-28-12-15-33-73(68)80)63-24-8-10-26-66(63)69-44-39-55(47-74(69)79)53-35-40-59(41-36-53)81(58-20-3-2-4-21-58)60-42-37-54(38-43-60)64-30-17-31-71-70-29-13-16-34-75(70)82-76(64)71/h2-17,19-44,47,56-57,77H,18,45-46,48-51H2,1H3. The van der Waals surface area contributed by atoms with Crippen molar-refractivity contribution in [3.63, 3.8) is 0 Å². The molecule has 3 saturated carbocycles. The summed E-state index contributed by atoms with van der Waals surface area (Å²) in [5, 5.41) is 2.29. The molecule has 2 nitrogen and oxygen atoms in total. The number of nitrogens with zero attached hydrogens (tertiary/aromatic N) is 1. The SMILES string of the molecule is Cc1ccccc1-c1ccccc1C12CCCC34CC(CC5(CC(C1)c1ccccc1-c1ccccc15)C23)c1ccccc1-c1ccc(-c2ccc(N(c3ccccc3)c3ccc(-c5cccc6c5oc5ccccc56)cc3)cc2)cc14. The van der Waals surface area contributed by atoms with Gasteiger partial charge in [-0.2, -0.15) is 0 Å². The average Bonchev–Trinajstić information content (AvgIpc) is 1.58.